The fourth-order valence-corrected chi connectivity index (χ4v) is 4.17. The first-order chi connectivity index (χ1) is 13.5. The average Bonchev–Trinajstić information content (AvgIpc) is 2.71. The third-order valence-corrected chi connectivity index (χ3v) is 5.68. The minimum absolute atomic E-state index is 0.0516. The molecule has 0 radical (unpaired) electrons. The molecular formula is C21H25N3O3S. The molecule has 1 aromatic carbocycles. The van der Waals surface area contributed by atoms with E-state index in [2.05, 4.69) is 9.97 Å². The van der Waals surface area contributed by atoms with Gasteiger partial charge in [-0.2, -0.15) is 0 Å². The van der Waals surface area contributed by atoms with Gasteiger partial charge in [0.15, 0.2) is 5.16 Å². The number of esters is 1. The molecule has 1 aromatic heterocycles. The zero-order valence-corrected chi connectivity index (χ0v) is 17.6. The molecule has 0 saturated heterocycles. The van der Waals surface area contributed by atoms with E-state index in [0.29, 0.717) is 24.9 Å². The number of anilines is 1. The number of aryl methyl sites for hydroxylation is 2. The van der Waals surface area contributed by atoms with Crippen molar-refractivity contribution in [1.82, 2.24) is 9.97 Å². The molecule has 0 N–H and O–H groups in total. The number of hydrogen-bond acceptors (Lipinski definition) is 6. The van der Waals surface area contributed by atoms with Crippen LogP contribution in [0, 0.1) is 13.8 Å². The van der Waals surface area contributed by atoms with Gasteiger partial charge in [-0.3, -0.25) is 4.79 Å². The van der Waals surface area contributed by atoms with Crippen LogP contribution in [0.15, 0.2) is 23.4 Å². The fraction of sp³-hybridized carbons (Fsp3) is 0.429. The first kappa shape index (κ1) is 20.3. The van der Waals surface area contributed by atoms with Crippen molar-refractivity contribution >= 4 is 29.3 Å². The van der Waals surface area contributed by atoms with E-state index >= 15 is 0 Å². The van der Waals surface area contributed by atoms with E-state index in [0.717, 1.165) is 46.2 Å². The highest BCUT2D eigenvalue weighted by Crippen LogP contribution is 2.31. The van der Waals surface area contributed by atoms with Crippen LogP contribution in [0.5, 0.6) is 0 Å². The number of aromatic nitrogens is 2. The summed E-state index contributed by atoms with van der Waals surface area (Å²) in [6.07, 6.45) is 4.54. The van der Waals surface area contributed by atoms with Crippen LogP contribution in [0.2, 0.25) is 0 Å². The van der Waals surface area contributed by atoms with Crippen LogP contribution in [0.1, 0.15) is 45.7 Å². The van der Waals surface area contributed by atoms with Crippen LogP contribution in [0.4, 0.5) is 5.69 Å². The van der Waals surface area contributed by atoms with Gasteiger partial charge >= 0.3 is 5.97 Å². The highest BCUT2D eigenvalue weighted by Gasteiger charge is 2.26. The van der Waals surface area contributed by atoms with Crippen LogP contribution in [0.3, 0.4) is 0 Å². The summed E-state index contributed by atoms with van der Waals surface area (Å²) in [4.78, 5) is 35.8. The minimum Gasteiger partial charge on any atom is -0.465 e. The van der Waals surface area contributed by atoms with Gasteiger partial charge in [0.2, 0.25) is 5.91 Å². The Balaban J connectivity index is 1.80. The number of methoxy groups -OCH3 is 1. The van der Waals surface area contributed by atoms with Gasteiger partial charge in [-0.1, -0.05) is 17.8 Å². The van der Waals surface area contributed by atoms with Crippen LogP contribution in [0.25, 0.3) is 0 Å². The maximum atomic E-state index is 13.0. The Labute approximate surface area is 169 Å². The number of carbonyl (C=O) groups is 2. The normalized spacial score (nSPS) is 13.2. The van der Waals surface area contributed by atoms with Crippen molar-refractivity contribution in [3.63, 3.8) is 0 Å². The first-order valence-electron chi connectivity index (χ1n) is 9.35. The van der Waals surface area contributed by atoms with Crippen LogP contribution >= 0.6 is 11.8 Å². The molecule has 1 amide bonds. The average molecular weight is 400 g/mol. The third kappa shape index (κ3) is 4.04. The van der Waals surface area contributed by atoms with E-state index in [1.165, 1.54) is 18.9 Å². The predicted molar refractivity (Wildman–Crippen MR) is 110 cm³/mol. The Bertz CT molecular complexity index is 891. The van der Waals surface area contributed by atoms with E-state index in [4.69, 9.17) is 4.74 Å². The highest BCUT2D eigenvalue weighted by molar-refractivity contribution is 7.98. The van der Waals surface area contributed by atoms with Gasteiger partial charge < -0.3 is 9.64 Å². The molecule has 1 aliphatic rings. The second-order valence-corrected chi connectivity index (χ2v) is 7.58. The molecule has 0 atom stereocenters. The maximum absolute atomic E-state index is 13.0. The maximum Gasteiger partial charge on any atom is 0.338 e. The standard InChI is InChI=1S/C21H25N3O3S/c1-13-15(14(2)23-21(22-13)28-4)10-11-19(25)24-12-6-8-16-17(20(26)27-3)7-5-9-18(16)24/h5,7,9H,6,8,10-12H2,1-4H3. The summed E-state index contributed by atoms with van der Waals surface area (Å²) < 4.78 is 4.89. The molecular weight excluding hydrogens is 374 g/mol. The van der Waals surface area contributed by atoms with E-state index in [1.54, 1.807) is 17.0 Å². The summed E-state index contributed by atoms with van der Waals surface area (Å²) in [7, 11) is 1.38. The summed E-state index contributed by atoms with van der Waals surface area (Å²) in [6.45, 7) is 4.59. The lowest BCUT2D eigenvalue weighted by Gasteiger charge is -2.30. The third-order valence-electron chi connectivity index (χ3n) is 5.13. The SMILES string of the molecule is COC(=O)c1cccc2c1CCCN2C(=O)CCc1c(C)nc(SC)nc1C. The van der Waals surface area contributed by atoms with E-state index < -0.39 is 0 Å². The lowest BCUT2D eigenvalue weighted by molar-refractivity contribution is -0.118. The predicted octanol–water partition coefficient (Wildman–Crippen LogP) is 3.51. The number of hydrogen-bond donors (Lipinski definition) is 0. The molecule has 6 nitrogen and oxygen atoms in total. The highest BCUT2D eigenvalue weighted by atomic mass is 32.2. The van der Waals surface area contributed by atoms with Crippen LogP contribution < -0.4 is 4.90 Å². The van der Waals surface area contributed by atoms with Crippen molar-refractivity contribution in [3.05, 3.63) is 46.3 Å². The van der Waals surface area contributed by atoms with Crippen molar-refractivity contribution in [2.75, 3.05) is 24.8 Å². The number of benzene rings is 1. The van der Waals surface area contributed by atoms with Crippen molar-refractivity contribution in [2.24, 2.45) is 0 Å². The Morgan fingerprint density at radius 2 is 1.93 bits per heavy atom. The van der Waals surface area contributed by atoms with E-state index in [-0.39, 0.29) is 11.9 Å². The summed E-state index contributed by atoms with van der Waals surface area (Å²) in [5.41, 5.74) is 5.15. The topological polar surface area (TPSA) is 72.4 Å². The number of ether oxygens (including phenoxy) is 1. The molecule has 0 spiro atoms. The largest absolute Gasteiger partial charge is 0.465 e. The van der Waals surface area contributed by atoms with Crippen molar-refractivity contribution in [2.45, 2.75) is 44.7 Å². The number of carbonyl (C=O) groups excluding carboxylic acids is 2. The van der Waals surface area contributed by atoms with Crippen molar-refractivity contribution < 1.29 is 14.3 Å². The van der Waals surface area contributed by atoms with Gasteiger partial charge in [0, 0.05) is 30.0 Å². The van der Waals surface area contributed by atoms with Gasteiger partial charge in [0.25, 0.3) is 0 Å². The number of rotatable bonds is 5. The summed E-state index contributed by atoms with van der Waals surface area (Å²) >= 11 is 1.52. The second kappa shape index (κ2) is 8.73. The van der Waals surface area contributed by atoms with Crippen molar-refractivity contribution in [3.8, 4) is 0 Å². The molecule has 0 bridgehead atoms. The summed E-state index contributed by atoms with van der Waals surface area (Å²) in [5.74, 6) is -0.306. The molecule has 2 aromatic rings. The van der Waals surface area contributed by atoms with E-state index in [1.807, 2.05) is 26.2 Å². The Kier molecular flexibility index (Phi) is 6.34. The van der Waals surface area contributed by atoms with Crippen LogP contribution in [-0.4, -0.2) is 41.8 Å². The van der Waals surface area contributed by atoms with Gasteiger partial charge in [-0.15, -0.1) is 0 Å². The molecule has 148 valence electrons. The Morgan fingerprint density at radius 3 is 2.57 bits per heavy atom. The first-order valence-corrected chi connectivity index (χ1v) is 10.6. The lowest BCUT2D eigenvalue weighted by atomic mass is 9.95. The van der Waals surface area contributed by atoms with Gasteiger partial charge in [0.05, 0.1) is 12.7 Å². The van der Waals surface area contributed by atoms with E-state index in [9.17, 15) is 9.59 Å². The quantitative estimate of drug-likeness (QED) is 0.435. The molecule has 0 aliphatic carbocycles. The smallest absolute Gasteiger partial charge is 0.338 e. The molecule has 28 heavy (non-hydrogen) atoms. The Morgan fingerprint density at radius 1 is 1.21 bits per heavy atom. The lowest BCUT2D eigenvalue weighted by Crippen LogP contribution is -2.36. The number of amides is 1. The monoisotopic (exact) mass is 399 g/mol. The fourth-order valence-electron chi connectivity index (χ4n) is 3.71. The second-order valence-electron chi connectivity index (χ2n) is 6.80. The zero-order chi connectivity index (χ0) is 20.3. The Hall–Kier alpha value is -2.41. The van der Waals surface area contributed by atoms with Crippen LogP contribution in [-0.2, 0) is 22.4 Å². The molecule has 7 heteroatoms. The zero-order valence-electron chi connectivity index (χ0n) is 16.7. The molecule has 0 saturated carbocycles. The van der Waals surface area contributed by atoms with Gasteiger partial charge in [-0.25, -0.2) is 14.8 Å². The number of thioether (sulfide) groups is 1. The number of nitrogens with zero attached hydrogens (tertiary/aromatic N) is 3. The molecule has 0 fully saturated rings. The summed E-state index contributed by atoms with van der Waals surface area (Å²) in [5, 5.41) is 0.755. The molecule has 1 aliphatic heterocycles. The number of fused-ring (bicyclic) bond motifs is 1. The van der Waals surface area contributed by atoms with Crippen molar-refractivity contribution in [1.29, 1.82) is 0 Å². The molecule has 0 unspecified atom stereocenters. The minimum atomic E-state index is -0.358. The van der Waals surface area contributed by atoms with Gasteiger partial charge in [0.1, 0.15) is 0 Å². The molecule has 3 rings (SSSR count). The van der Waals surface area contributed by atoms with Gasteiger partial charge in [-0.05, 0) is 62.6 Å². The summed E-state index contributed by atoms with van der Waals surface area (Å²) in [6, 6.07) is 5.47. The molecule has 2 heterocycles.